The normalized spacial score (nSPS) is 12.4. The molecule has 1 unspecified atom stereocenters. The van der Waals surface area contributed by atoms with Gasteiger partial charge in [0.1, 0.15) is 0 Å². The summed E-state index contributed by atoms with van der Waals surface area (Å²) in [5.41, 5.74) is 2.18. The molecule has 2 aromatic carbocycles. The maximum atomic E-state index is 6.19. The van der Waals surface area contributed by atoms with Crippen LogP contribution >= 0.6 is 55.1 Å². The monoisotopic (exact) mass is 406 g/mol. The first-order valence-electron chi connectivity index (χ1n) is 5.40. The molecule has 0 spiro atoms. The van der Waals surface area contributed by atoms with Crippen molar-refractivity contribution in [2.24, 2.45) is 0 Å². The van der Waals surface area contributed by atoms with Crippen LogP contribution in [0, 0.1) is 0 Å². The summed E-state index contributed by atoms with van der Waals surface area (Å²) < 4.78 is 1.08. The van der Waals surface area contributed by atoms with Gasteiger partial charge in [0.2, 0.25) is 0 Å². The molecule has 0 heterocycles. The molecule has 0 nitrogen and oxygen atoms in total. The molecule has 0 N–H and O–H groups in total. The van der Waals surface area contributed by atoms with E-state index in [2.05, 4.69) is 44.0 Å². The Morgan fingerprint density at radius 1 is 0.944 bits per heavy atom. The van der Waals surface area contributed by atoms with Crippen LogP contribution in [0.5, 0.6) is 0 Å². The fourth-order valence-electron chi connectivity index (χ4n) is 1.74. The van der Waals surface area contributed by atoms with E-state index in [1.54, 1.807) is 0 Å². The lowest BCUT2D eigenvalue weighted by Crippen LogP contribution is -1.97. The summed E-state index contributed by atoms with van der Waals surface area (Å²) in [5, 5.41) is 1.39. The molecule has 2 rings (SSSR count). The molecule has 0 saturated carbocycles. The first-order valence-corrected chi connectivity index (χ1v) is 7.87. The van der Waals surface area contributed by atoms with Crippen LogP contribution in [0.1, 0.15) is 16.0 Å². The van der Waals surface area contributed by atoms with E-state index in [9.17, 15) is 0 Å². The van der Waals surface area contributed by atoms with Gasteiger partial charge >= 0.3 is 0 Å². The largest absolute Gasteiger partial charge is 0.0839 e. The van der Waals surface area contributed by atoms with Gasteiger partial charge < -0.3 is 0 Å². The Kier molecular flexibility index (Phi) is 5.14. The number of rotatable bonds is 3. The Balaban J connectivity index is 2.22. The molecule has 0 fully saturated rings. The molecule has 0 aliphatic rings. The lowest BCUT2D eigenvalue weighted by Gasteiger charge is -2.14. The maximum Gasteiger partial charge on any atom is 0.0465 e. The highest BCUT2D eigenvalue weighted by atomic mass is 79.9. The smallest absolute Gasteiger partial charge is 0.0465 e. The van der Waals surface area contributed by atoms with Crippen LogP contribution in [0.2, 0.25) is 10.0 Å². The highest BCUT2D eigenvalue weighted by Gasteiger charge is 2.15. The third-order valence-corrected chi connectivity index (χ3v) is 4.61. The van der Waals surface area contributed by atoms with Crippen molar-refractivity contribution in [2.75, 3.05) is 0 Å². The molecule has 4 heteroatoms. The van der Waals surface area contributed by atoms with Crippen molar-refractivity contribution < 1.29 is 0 Å². The first-order chi connectivity index (χ1) is 8.58. The van der Waals surface area contributed by atoms with Gasteiger partial charge in [0, 0.05) is 24.9 Å². The quantitative estimate of drug-likeness (QED) is 0.513. The topological polar surface area (TPSA) is 0 Å². The van der Waals surface area contributed by atoms with Crippen molar-refractivity contribution in [3.05, 3.63) is 68.1 Å². The van der Waals surface area contributed by atoms with Crippen molar-refractivity contribution in [3.8, 4) is 0 Å². The second-order valence-corrected chi connectivity index (χ2v) is 6.77. The molecular weight excluding hydrogens is 399 g/mol. The van der Waals surface area contributed by atoms with Crippen molar-refractivity contribution in [1.29, 1.82) is 0 Å². The molecule has 18 heavy (non-hydrogen) atoms. The minimum absolute atomic E-state index is 0.111. The lowest BCUT2D eigenvalue weighted by molar-refractivity contribution is 0.949. The molecular formula is C14H10Br2Cl2. The Labute approximate surface area is 134 Å². The fraction of sp³-hybridized carbons (Fsp3) is 0.143. The summed E-state index contributed by atoms with van der Waals surface area (Å²) in [6.45, 7) is 0. The Bertz CT molecular complexity index is 518. The predicted molar refractivity (Wildman–Crippen MR) is 86.0 cm³/mol. The Hall–Kier alpha value is -0.0200. The van der Waals surface area contributed by atoms with Crippen LogP contribution in [0.4, 0.5) is 0 Å². The number of benzene rings is 2. The van der Waals surface area contributed by atoms with Gasteiger partial charge in [-0.15, -0.1) is 0 Å². The summed E-state index contributed by atoms with van der Waals surface area (Å²) in [6.07, 6.45) is 0.844. The van der Waals surface area contributed by atoms with Crippen molar-refractivity contribution in [1.82, 2.24) is 0 Å². The maximum absolute atomic E-state index is 6.19. The van der Waals surface area contributed by atoms with Gasteiger partial charge in [-0.05, 0) is 36.2 Å². The molecule has 0 bridgehead atoms. The van der Waals surface area contributed by atoms with Crippen molar-refractivity contribution in [2.45, 2.75) is 11.2 Å². The van der Waals surface area contributed by atoms with Gasteiger partial charge in [0.25, 0.3) is 0 Å². The van der Waals surface area contributed by atoms with E-state index in [1.807, 2.05) is 30.3 Å². The minimum atomic E-state index is 0.111. The van der Waals surface area contributed by atoms with E-state index in [-0.39, 0.29) is 4.83 Å². The van der Waals surface area contributed by atoms with Gasteiger partial charge in [-0.1, -0.05) is 73.3 Å². The van der Waals surface area contributed by atoms with E-state index < -0.39 is 0 Å². The minimum Gasteiger partial charge on any atom is -0.0839 e. The second kappa shape index (κ2) is 6.42. The first kappa shape index (κ1) is 14.4. The molecule has 0 radical (unpaired) electrons. The molecule has 0 aliphatic heterocycles. The number of hydrogen-bond donors (Lipinski definition) is 0. The van der Waals surface area contributed by atoms with E-state index in [1.165, 1.54) is 5.56 Å². The van der Waals surface area contributed by atoms with E-state index in [0.717, 1.165) is 16.5 Å². The third-order valence-electron chi connectivity index (χ3n) is 2.64. The van der Waals surface area contributed by atoms with Crippen LogP contribution in [0.3, 0.4) is 0 Å². The SMILES string of the molecule is Clc1cccc(Cl)c1C(Br)Cc1ccc(Br)cc1. The van der Waals surface area contributed by atoms with Gasteiger partial charge in [-0.3, -0.25) is 0 Å². The average molecular weight is 409 g/mol. The van der Waals surface area contributed by atoms with E-state index in [0.29, 0.717) is 10.0 Å². The van der Waals surface area contributed by atoms with Crippen molar-refractivity contribution >= 4 is 55.1 Å². The van der Waals surface area contributed by atoms with E-state index >= 15 is 0 Å². The summed E-state index contributed by atoms with van der Waals surface area (Å²) in [5.74, 6) is 0. The van der Waals surface area contributed by atoms with Crippen LogP contribution in [-0.4, -0.2) is 0 Å². The second-order valence-electron chi connectivity index (χ2n) is 3.93. The summed E-state index contributed by atoms with van der Waals surface area (Å²) in [4.78, 5) is 0.111. The Morgan fingerprint density at radius 3 is 2.06 bits per heavy atom. The van der Waals surface area contributed by atoms with Gasteiger partial charge in [0.15, 0.2) is 0 Å². The molecule has 1 atom stereocenters. The highest BCUT2D eigenvalue weighted by Crippen LogP contribution is 2.37. The van der Waals surface area contributed by atoms with Crippen LogP contribution in [0.15, 0.2) is 46.9 Å². The van der Waals surface area contributed by atoms with Crippen molar-refractivity contribution in [3.63, 3.8) is 0 Å². The zero-order chi connectivity index (χ0) is 13.1. The van der Waals surface area contributed by atoms with Crippen LogP contribution in [-0.2, 0) is 6.42 Å². The van der Waals surface area contributed by atoms with Gasteiger partial charge in [0.05, 0.1) is 0 Å². The lowest BCUT2D eigenvalue weighted by atomic mass is 10.0. The molecule has 0 aromatic heterocycles. The number of halogens is 4. The summed E-state index contributed by atoms with van der Waals surface area (Å²) in [7, 11) is 0. The zero-order valence-electron chi connectivity index (χ0n) is 9.34. The van der Waals surface area contributed by atoms with Crippen LogP contribution in [0.25, 0.3) is 0 Å². The van der Waals surface area contributed by atoms with E-state index in [4.69, 9.17) is 23.2 Å². The Morgan fingerprint density at radius 2 is 1.50 bits per heavy atom. The number of alkyl halides is 1. The van der Waals surface area contributed by atoms with Crippen LogP contribution < -0.4 is 0 Å². The fourth-order valence-corrected chi connectivity index (χ4v) is 3.80. The number of hydrogen-bond acceptors (Lipinski definition) is 0. The zero-order valence-corrected chi connectivity index (χ0v) is 14.0. The summed E-state index contributed by atoms with van der Waals surface area (Å²) >= 11 is 19.5. The third kappa shape index (κ3) is 3.51. The summed E-state index contributed by atoms with van der Waals surface area (Å²) in [6, 6.07) is 13.8. The standard InChI is InChI=1S/C14H10Br2Cl2/c15-10-6-4-9(5-7-10)8-11(16)14-12(17)2-1-3-13(14)18/h1-7,11H,8H2. The predicted octanol–water partition coefficient (Wildman–Crippen LogP) is 6.43. The van der Waals surface area contributed by atoms with Gasteiger partial charge in [-0.25, -0.2) is 0 Å². The van der Waals surface area contributed by atoms with Gasteiger partial charge in [-0.2, -0.15) is 0 Å². The molecule has 0 amide bonds. The molecule has 94 valence electrons. The molecule has 2 aromatic rings. The molecule has 0 saturated heterocycles. The molecule has 0 aliphatic carbocycles. The average Bonchev–Trinajstić information content (AvgIpc) is 2.32. The highest BCUT2D eigenvalue weighted by molar-refractivity contribution is 9.10.